The van der Waals surface area contributed by atoms with Crippen LogP contribution in [0.4, 0.5) is 0 Å². The van der Waals surface area contributed by atoms with Crippen LogP contribution in [-0.4, -0.2) is 19.7 Å². The van der Waals surface area contributed by atoms with E-state index in [-0.39, 0.29) is 0 Å². The maximum absolute atomic E-state index is 9.63. The summed E-state index contributed by atoms with van der Waals surface area (Å²) in [6, 6.07) is 62.0. The molecule has 0 aliphatic rings. The average Bonchev–Trinajstić information content (AvgIpc) is 3.30. The Morgan fingerprint density at radius 1 is 0.222 bits per heavy atom. The summed E-state index contributed by atoms with van der Waals surface area (Å²) in [4.78, 5) is 18.5. The third-order valence-corrected chi connectivity index (χ3v) is 10.9. The van der Waals surface area contributed by atoms with Gasteiger partial charge >= 0.3 is 0 Å². The van der Waals surface area contributed by atoms with Gasteiger partial charge in [0.1, 0.15) is 0 Å². The maximum Gasteiger partial charge on any atom is 0.267 e. The Morgan fingerprint density at radius 2 is 0.317 bits per heavy atom. The van der Waals surface area contributed by atoms with E-state index in [1.54, 1.807) is 0 Å². The molecule has 4 nitrogen and oxygen atoms in total. The molecule has 0 saturated heterocycles. The monoisotopic (exact) mass is 1010 g/mol. The van der Waals surface area contributed by atoms with Crippen molar-refractivity contribution in [2.45, 2.75) is 0 Å². The second-order valence-corrected chi connectivity index (χ2v) is 17.9. The van der Waals surface area contributed by atoms with Crippen molar-refractivity contribution in [2.75, 3.05) is 0 Å². The van der Waals surface area contributed by atoms with Gasteiger partial charge in [-0.15, -0.1) is 0 Å². The average molecular weight is 1010 g/mol. The highest BCUT2D eigenvalue weighted by Crippen LogP contribution is 2.26. The van der Waals surface area contributed by atoms with E-state index in [2.05, 4.69) is 0 Å². The number of hydrogen-bond donors (Lipinski definition) is 0. The van der Waals surface area contributed by atoms with E-state index in [1.807, 2.05) is 194 Å². The predicted molar refractivity (Wildman–Crippen MR) is 270 cm³/mol. The molecule has 0 saturated carbocycles. The zero-order valence-electron chi connectivity index (χ0n) is 32.7. The van der Waals surface area contributed by atoms with Crippen molar-refractivity contribution >= 4 is 114 Å². The Morgan fingerprint density at radius 3 is 0.381 bits per heavy atom. The highest BCUT2D eigenvalue weighted by Gasteiger charge is 2.02. The van der Waals surface area contributed by atoms with E-state index in [4.69, 9.17) is 92.8 Å². The number of carbonyl (C=O) groups excluding carboxylic acids is 2. The molecule has 0 amide bonds. The molecule has 0 spiro atoms. The van der Waals surface area contributed by atoms with Gasteiger partial charge in [-0.3, -0.25) is 9.59 Å². The summed E-state index contributed by atoms with van der Waals surface area (Å²) in [6.07, 6.45) is 0. The van der Waals surface area contributed by atoms with Gasteiger partial charge in [0, 0.05) is 40.2 Å². The number of sulfone groups is 1. The molecule has 320 valence electrons. The van der Waals surface area contributed by atoms with Gasteiger partial charge in [0.25, 0.3) is 9.84 Å². The summed E-state index contributed by atoms with van der Waals surface area (Å²) in [5.74, 6) is 0. The molecule has 8 aromatic rings. The van der Waals surface area contributed by atoms with Crippen LogP contribution in [0.1, 0.15) is 0 Å². The summed E-state index contributed by atoms with van der Waals surface area (Å²) < 4.78 is 19.3. The van der Waals surface area contributed by atoms with Crippen LogP contribution in [0.15, 0.2) is 194 Å². The van der Waals surface area contributed by atoms with Gasteiger partial charge in [0.15, 0.2) is 0 Å². The molecule has 0 aliphatic heterocycles. The lowest BCUT2D eigenvalue weighted by Gasteiger charge is -2.01. The minimum absolute atomic E-state index is 0.403. The van der Waals surface area contributed by atoms with Crippen molar-refractivity contribution in [1.82, 2.24) is 0 Å². The molecule has 0 aliphatic carbocycles. The zero-order valence-corrected chi connectivity index (χ0v) is 39.6. The second kappa shape index (κ2) is 26.2. The summed E-state index contributed by atoms with van der Waals surface area (Å²) in [5.41, 5.74) is 8.35. The predicted octanol–water partition coefficient (Wildman–Crippen LogP) is 17.4. The molecule has 0 radical (unpaired) electrons. The van der Waals surface area contributed by atoms with E-state index < -0.39 is 21.1 Å². The van der Waals surface area contributed by atoms with Gasteiger partial charge in [0.2, 0.25) is 11.2 Å². The molecule has 0 aromatic heterocycles. The topological polar surface area (TPSA) is 68.3 Å². The van der Waals surface area contributed by atoms with Crippen molar-refractivity contribution in [2.24, 2.45) is 0 Å². The summed E-state index contributed by atoms with van der Waals surface area (Å²) in [6.45, 7) is 0. The first kappa shape index (κ1) is 51.0. The van der Waals surface area contributed by atoms with Crippen molar-refractivity contribution in [3.8, 4) is 44.5 Å². The van der Waals surface area contributed by atoms with Crippen LogP contribution in [-0.2, 0) is 19.4 Å². The van der Waals surface area contributed by atoms with Crippen molar-refractivity contribution in [3.05, 3.63) is 234 Å². The summed E-state index contributed by atoms with van der Waals surface area (Å²) >= 11 is 46.4. The number of halogens is 8. The Hall–Kier alpha value is -4.63. The van der Waals surface area contributed by atoms with E-state index in [0.717, 1.165) is 84.7 Å². The highest BCUT2D eigenvalue weighted by molar-refractivity contribution is 8.15. The van der Waals surface area contributed by atoms with E-state index >= 15 is 0 Å². The fraction of sp³-hybridized carbons (Fsp3) is 0. The number of benzene rings is 8. The van der Waals surface area contributed by atoms with Gasteiger partial charge in [-0.25, -0.2) is 8.42 Å². The SMILES string of the molecule is Clc1ccc(-c2ccc(Cl)cc2)cc1.Clc1ccc(-c2ccc(Cl)cc2)cc1.Clc1ccc(-c2ccc(Cl)cc2)cc1.Clc1ccc(-c2ccc(Cl)cc2)cc1.O=CS(=O)(=O)C=O. The number of carbonyl (C=O) groups is 2. The third-order valence-electron chi connectivity index (χ3n) is 8.36. The van der Waals surface area contributed by atoms with Crippen molar-refractivity contribution < 1.29 is 18.0 Å². The van der Waals surface area contributed by atoms with Crippen molar-refractivity contribution in [1.29, 1.82) is 0 Å². The molecule has 8 rings (SSSR count). The summed E-state index contributed by atoms with van der Waals surface area (Å²) in [5, 5.41) is 6.02. The van der Waals surface area contributed by atoms with Gasteiger partial charge in [0.05, 0.1) is 0 Å². The zero-order chi connectivity index (χ0) is 45.8. The first-order chi connectivity index (χ1) is 30.1. The molecule has 0 heterocycles. The largest absolute Gasteiger partial charge is 0.285 e. The van der Waals surface area contributed by atoms with Crippen LogP contribution in [0, 0.1) is 0 Å². The molecule has 8 aromatic carbocycles. The minimum atomic E-state index is -4.02. The van der Waals surface area contributed by atoms with Gasteiger partial charge in [-0.05, 0) is 142 Å². The lowest BCUT2D eigenvalue weighted by molar-refractivity contribution is 0.549. The first-order valence-electron chi connectivity index (χ1n) is 18.4. The fourth-order valence-electron chi connectivity index (χ4n) is 5.16. The van der Waals surface area contributed by atoms with Crippen LogP contribution < -0.4 is 0 Å². The molecule has 0 unspecified atom stereocenters. The Bertz CT molecular complexity index is 2200. The normalized spacial score (nSPS) is 10.2. The van der Waals surface area contributed by atoms with Gasteiger partial charge in [-0.2, -0.15) is 0 Å². The van der Waals surface area contributed by atoms with E-state index in [0.29, 0.717) is 0 Å². The molecular weight excluding hydrogens is 980 g/mol. The van der Waals surface area contributed by atoms with Gasteiger partial charge in [-0.1, -0.05) is 190 Å². The smallest absolute Gasteiger partial charge is 0.267 e. The second-order valence-electron chi connectivity index (χ2n) is 12.8. The maximum atomic E-state index is 9.63. The summed E-state index contributed by atoms with van der Waals surface area (Å²) in [7, 11) is -4.02. The molecule has 0 atom stereocenters. The van der Waals surface area contributed by atoms with Crippen LogP contribution in [0.3, 0.4) is 0 Å². The van der Waals surface area contributed by atoms with Crippen molar-refractivity contribution in [3.63, 3.8) is 0 Å². The number of hydrogen-bond acceptors (Lipinski definition) is 4. The first-order valence-corrected chi connectivity index (χ1v) is 23.0. The van der Waals surface area contributed by atoms with E-state index in [1.165, 1.54) is 0 Å². The van der Waals surface area contributed by atoms with Crippen LogP contribution >= 0.6 is 92.8 Å². The standard InChI is InChI=1S/4C12H8Cl2.C2H2O4S/c4*13-11-5-1-9(2-6-11)10-3-7-12(14)8-4-10;3-1-7(5,6)2-4/h4*1-8H;1-2H. The quantitative estimate of drug-likeness (QED) is 0.156. The Kier molecular flexibility index (Phi) is 21.2. The molecular formula is C50H34Cl8O4S. The Balaban J connectivity index is 0.000000176. The Labute approximate surface area is 407 Å². The van der Waals surface area contributed by atoms with Crippen LogP contribution in [0.2, 0.25) is 40.2 Å². The number of rotatable bonds is 6. The van der Waals surface area contributed by atoms with E-state index in [9.17, 15) is 18.0 Å². The van der Waals surface area contributed by atoms with Crippen LogP contribution in [0.25, 0.3) is 44.5 Å². The molecule has 63 heavy (non-hydrogen) atoms. The fourth-order valence-corrected chi connectivity index (χ4v) is 6.21. The molecule has 0 fully saturated rings. The lowest BCUT2D eigenvalue weighted by Crippen LogP contribution is -1.99. The lowest BCUT2D eigenvalue weighted by atomic mass is 10.1. The molecule has 0 bridgehead atoms. The molecule has 13 heteroatoms. The third kappa shape index (κ3) is 18.6. The highest BCUT2D eigenvalue weighted by atomic mass is 35.5. The van der Waals surface area contributed by atoms with Crippen LogP contribution in [0.5, 0.6) is 0 Å². The molecule has 0 N–H and O–H groups in total. The minimum Gasteiger partial charge on any atom is -0.285 e. The van der Waals surface area contributed by atoms with Gasteiger partial charge < -0.3 is 0 Å².